The van der Waals surface area contributed by atoms with Gasteiger partial charge in [-0.25, -0.2) is 9.59 Å². The minimum atomic E-state index is -0.898. The van der Waals surface area contributed by atoms with Crippen LogP contribution in [0.3, 0.4) is 0 Å². The second-order valence-corrected chi connectivity index (χ2v) is 17.0. The molecule has 1 aliphatic rings. The van der Waals surface area contributed by atoms with E-state index in [4.69, 9.17) is 19.9 Å². The Kier molecular flexibility index (Phi) is 20.1. The molecule has 1 saturated heterocycles. The number of nitrogens with two attached hydrogens (primary N) is 1. The number of unbranched alkanes of at least 4 members (excludes halogenated alkanes) is 1. The molecule has 362 valence electrons. The molecule has 0 spiro atoms. The molecule has 4 aromatic rings. The van der Waals surface area contributed by atoms with Gasteiger partial charge in [-0.05, 0) is 107 Å². The zero-order chi connectivity index (χ0) is 48.9. The zero-order valence-electron chi connectivity index (χ0n) is 39.2. The van der Waals surface area contributed by atoms with E-state index in [1.165, 1.54) is 0 Å². The number of amides is 5. The highest BCUT2D eigenvalue weighted by Gasteiger charge is 2.43. The first-order valence-corrected chi connectivity index (χ1v) is 23.0. The first-order valence-electron chi connectivity index (χ1n) is 23.0. The lowest BCUT2D eigenvalue weighted by Gasteiger charge is -2.42. The summed E-state index contributed by atoms with van der Waals surface area (Å²) in [7, 11) is 4.01. The van der Waals surface area contributed by atoms with Crippen LogP contribution in [0.5, 0.6) is 11.5 Å². The average molecular weight is 932 g/mol. The number of allylic oxidation sites excluding steroid dienone is 1. The minimum absolute atomic E-state index is 0.0594. The third kappa shape index (κ3) is 14.7. The van der Waals surface area contributed by atoms with E-state index in [0.29, 0.717) is 62.1 Å². The van der Waals surface area contributed by atoms with Crippen molar-refractivity contribution in [2.24, 2.45) is 11.7 Å². The smallest absolute Gasteiger partial charge is 0.415 e. The summed E-state index contributed by atoms with van der Waals surface area (Å²) >= 11 is 0. The van der Waals surface area contributed by atoms with Gasteiger partial charge in [0.15, 0.2) is 0 Å². The fourth-order valence-corrected chi connectivity index (χ4v) is 8.20. The van der Waals surface area contributed by atoms with E-state index in [1.54, 1.807) is 53.4 Å². The van der Waals surface area contributed by atoms with E-state index in [-0.39, 0.29) is 62.8 Å². The normalized spacial score (nSPS) is 15.5. The van der Waals surface area contributed by atoms with Gasteiger partial charge in [-0.1, -0.05) is 85.4 Å². The number of para-hydroxylation sites is 1. The molecule has 68 heavy (non-hydrogen) atoms. The minimum Gasteiger partial charge on any atom is -0.492 e. The summed E-state index contributed by atoms with van der Waals surface area (Å²) in [5.41, 5.74) is 6.90. The fraction of sp³-hybridized carbons (Fsp3) is 0.385. The SMILES string of the molecule is C=C(OC(=O)N1CCC(C(=O)NCCCCC(NC=O)C(=O)NCCOc2ccc(C(=O)Oc3ccccc3)cc2)CC1CNC(=O)CN)C(CC(C)N(C)C)(c1ccccc1)c1ccccc1. The Morgan fingerprint density at radius 2 is 1.47 bits per heavy atom. The first-order chi connectivity index (χ1) is 32.9. The summed E-state index contributed by atoms with van der Waals surface area (Å²) in [6.07, 6.45) is 2.43. The molecule has 4 unspecified atom stereocenters. The topological polar surface area (TPSA) is 211 Å². The quantitative estimate of drug-likeness (QED) is 0.0198. The van der Waals surface area contributed by atoms with Gasteiger partial charge in [-0.3, -0.25) is 19.2 Å². The maximum atomic E-state index is 14.3. The second kappa shape index (κ2) is 26.3. The molecule has 5 amide bonds. The Bertz CT molecular complexity index is 2220. The van der Waals surface area contributed by atoms with Crippen molar-refractivity contribution in [2.45, 2.75) is 69.0 Å². The summed E-state index contributed by atoms with van der Waals surface area (Å²) in [6, 6.07) is 33.6. The third-order valence-electron chi connectivity index (χ3n) is 12.3. The number of nitrogens with zero attached hydrogens (tertiary/aromatic N) is 2. The first kappa shape index (κ1) is 51.9. The molecule has 1 fully saturated rings. The Balaban J connectivity index is 1.10. The number of ether oxygens (including phenoxy) is 3. The highest BCUT2D eigenvalue weighted by atomic mass is 16.6. The predicted octanol–water partition coefficient (Wildman–Crippen LogP) is 4.93. The Morgan fingerprint density at radius 1 is 0.838 bits per heavy atom. The van der Waals surface area contributed by atoms with Gasteiger partial charge in [0.05, 0.1) is 30.1 Å². The molecule has 6 N–H and O–H groups in total. The van der Waals surface area contributed by atoms with Crippen LogP contribution < -0.4 is 36.5 Å². The van der Waals surface area contributed by atoms with Gasteiger partial charge >= 0.3 is 12.1 Å². The van der Waals surface area contributed by atoms with Gasteiger partial charge in [0.1, 0.15) is 29.9 Å². The molecule has 4 atom stereocenters. The van der Waals surface area contributed by atoms with Crippen LogP contribution in [0.1, 0.15) is 66.9 Å². The number of carbonyl (C=O) groups excluding carboxylic acids is 6. The average Bonchev–Trinajstić information content (AvgIpc) is 3.36. The Morgan fingerprint density at radius 3 is 2.07 bits per heavy atom. The summed E-state index contributed by atoms with van der Waals surface area (Å²) in [6.45, 7) is 7.20. The number of benzene rings is 4. The van der Waals surface area contributed by atoms with Crippen molar-refractivity contribution < 1.29 is 43.0 Å². The van der Waals surface area contributed by atoms with E-state index in [1.807, 2.05) is 80.8 Å². The van der Waals surface area contributed by atoms with Gasteiger partial charge in [0.25, 0.3) is 0 Å². The molecule has 0 bridgehead atoms. The van der Waals surface area contributed by atoms with Crippen LogP contribution in [0.15, 0.2) is 128 Å². The molecule has 0 radical (unpaired) electrons. The van der Waals surface area contributed by atoms with Crippen molar-refractivity contribution in [1.29, 1.82) is 0 Å². The summed E-state index contributed by atoms with van der Waals surface area (Å²) < 4.78 is 17.3. The molecule has 0 saturated carbocycles. The maximum Gasteiger partial charge on any atom is 0.415 e. The number of nitrogens with one attached hydrogen (secondary N) is 4. The molecule has 1 heterocycles. The van der Waals surface area contributed by atoms with Gasteiger partial charge in [0.2, 0.25) is 24.1 Å². The van der Waals surface area contributed by atoms with Crippen molar-refractivity contribution in [3.63, 3.8) is 0 Å². The number of carbonyl (C=O) groups is 6. The van der Waals surface area contributed by atoms with Crippen LogP contribution in [0.25, 0.3) is 0 Å². The highest BCUT2D eigenvalue weighted by molar-refractivity contribution is 5.91. The van der Waals surface area contributed by atoms with Crippen LogP contribution in [0.2, 0.25) is 0 Å². The lowest BCUT2D eigenvalue weighted by molar-refractivity contribution is -0.127. The van der Waals surface area contributed by atoms with Crippen molar-refractivity contribution in [1.82, 2.24) is 31.1 Å². The number of likely N-dealkylation sites (tertiary alicyclic amines) is 1. The fourth-order valence-electron chi connectivity index (χ4n) is 8.20. The van der Waals surface area contributed by atoms with E-state index in [2.05, 4.69) is 39.7 Å². The van der Waals surface area contributed by atoms with Gasteiger partial charge in [0, 0.05) is 31.6 Å². The van der Waals surface area contributed by atoms with Crippen LogP contribution >= 0.6 is 0 Å². The lowest BCUT2D eigenvalue weighted by atomic mass is 9.69. The molecule has 0 aromatic heterocycles. The molecular formula is C52H65N7O9. The summed E-state index contributed by atoms with van der Waals surface area (Å²) in [4.78, 5) is 80.5. The highest BCUT2D eigenvalue weighted by Crippen LogP contribution is 2.44. The Labute approximate surface area is 398 Å². The van der Waals surface area contributed by atoms with Crippen LogP contribution in [0, 0.1) is 5.92 Å². The van der Waals surface area contributed by atoms with E-state index in [0.717, 1.165) is 11.1 Å². The third-order valence-corrected chi connectivity index (χ3v) is 12.3. The second-order valence-electron chi connectivity index (χ2n) is 17.0. The van der Waals surface area contributed by atoms with Crippen molar-refractivity contribution in [2.75, 3.05) is 53.4 Å². The number of esters is 1. The monoisotopic (exact) mass is 931 g/mol. The van der Waals surface area contributed by atoms with Crippen molar-refractivity contribution in [3.8, 4) is 11.5 Å². The van der Waals surface area contributed by atoms with Gasteiger partial charge < -0.3 is 51.0 Å². The molecular weight excluding hydrogens is 867 g/mol. The molecule has 4 aromatic carbocycles. The maximum absolute atomic E-state index is 14.3. The molecule has 1 aliphatic heterocycles. The van der Waals surface area contributed by atoms with Gasteiger partial charge in [-0.15, -0.1) is 0 Å². The van der Waals surface area contributed by atoms with E-state index < -0.39 is 41.4 Å². The van der Waals surface area contributed by atoms with Crippen LogP contribution in [-0.2, 0) is 29.3 Å². The number of hydrogen-bond acceptors (Lipinski definition) is 11. The molecule has 16 nitrogen and oxygen atoms in total. The van der Waals surface area contributed by atoms with Gasteiger partial charge in [-0.2, -0.15) is 0 Å². The molecule has 16 heteroatoms. The van der Waals surface area contributed by atoms with E-state index in [9.17, 15) is 28.8 Å². The largest absolute Gasteiger partial charge is 0.492 e. The predicted molar refractivity (Wildman–Crippen MR) is 259 cm³/mol. The number of hydrogen-bond donors (Lipinski definition) is 5. The van der Waals surface area contributed by atoms with Crippen molar-refractivity contribution in [3.05, 3.63) is 144 Å². The number of rotatable bonds is 25. The van der Waals surface area contributed by atoms with Crippen LogP contribution in [-0.4, -0.2) is 118 Å². The van der Waals surface area contributed by atoms with Crippen molar-refractivity contribution >= 4 is 36.2 Å². The lowest BCUT2D eigenvalue weighted by Crippen LogP contribution is -2.54. The number of piperidine rings is 1. The molecule has 5 rings (SSSR count). The summed E-state index contributed by atoms with van der Waals surface area (Å²) in [5.74, 6) is -0.711. The zero-order valence-corrected chi connectivity index (χ0v) is 39.2. The van der Waals surface area contributed by atoms with Crippen LogP contribution in [0.4, 0.5) is 4.79 Å². The standard InChI is InChI=1S/C52H65N7O9/c1-37(58(3)4)33-52(41-16-8-5-9-17-41,42-18-10-6-11-19-42)38(2)67-51(65)59-30-27-40(32-43(59)35-56-47(61)34-53)48(62)54-28-15-14-22-46(57-36-60)49(63)55-29-31-66-44-25-23-39(24-26-44)50(64)68-45-20-12-7-13-21-45/h5-13,16-21,23-26,36-37,40,43,46H,2,14-15,22,27-35,53H2,1,3-4H3,(H,54,62)(H,55,63)(H,56,61)(H,57,60). The summed E-state index contributed by atoms with van der Waals surface area (Å²) in [5, 5.41) is 11.1. The van der Waals surface area contributed by atoms with E-state index >= 15 is 0 Å². The Hall–Kier alpha value is -7.04. The molecule has 0 aliphatic carbocycles.